The quantitative estimate of drug-likeness (QED) is 0.817. The molecular formula is C12H15FN2O. The molecule has 0 radical (unpaired) electrons. The molecule has 0 aromatic heterocycles. The van der Waals surface area contributed by atoms with Gasteiger partial charge in [-0.25, -0.2) is 4.39 Å². The third-order valence-electron chi connectivity index (χ3n) is 2.82. The van der Waals surface area contributed by atoms with E-state index < -0.39 is 0 Å². The molecule has 0 aliphatic carbocycles. The van der Waals surface area contributed by atoms with E-state index in [0.29, 0.717) is 24.2 Å². The molecule has 1 aliphatic heterocycles. The first-order valence-corrected chi connectivity index (χ1v) is 5.53. The van der Waals surface area contributed by atoms with Crippen molar-refractivity contribution in [2.75, 3.05) is 11.9 Å². The molecule has 1 fully saturated rings. The molecule has 1 atom stereocenters. The number of amides is 1. The van der Waals surface area contributed by atoms with Crippen LogP contribution in [-0.4, -0.2) is 18.5 Å². The number of benzene rings is 1. The first-order valence-electron chi connectivity index (χ1n) is 5.53. The lowest BCUT2D eigenvalue weighted by Crippen LogP contribution is -2.29. The highest BCUT2D eigenvalue weighted by atomic mass is 19.1. The zero-order valence-electron chi connectivity index (χ0n) is 9.22. The second-order valence-electron chi connectivity index (χ2n) is 3.94. The predicted octanol–water partition coefficient (Wildman–Crippen LogP) is 1.69. The van der Waals surface area contributed by atoms with E-state index in [1.54, 1.807) is 6.07 Å². The molecule has 2 rings (SSSR count). The molecule has 1 amide bonds. The second-order valence-corrected chi connectivity index (χ2v) is 3.94. The molecule has 1 aliphatic rings. The van der Waals surface area contributed by atoms with E-state index in [9.17, 15) is 9.18 Å². The third-order valence-corrected chi connectivity index (χ3v) is 2.82. The first-order chi connectivity index (χ1) is 7.70. The molecule has 0 bridgehead atoms. The number of aryl methyl sites for hydroxylation is 1. The van der Waals surface area contributed by atoms with Crippen LogP contribution in [0.3, 0.4) is 0 Å². The predicted molar refractivity (Wildman–Crippen MR) is 60.8 cm³/mol. The van der Waals surface area contributed by atoms with Gasteiger partial charge in [-0.05, 0) is 30.5 Å². The molecule has 1 saturated heterocycles. The Morgan fingerprint density at radius 1 is 1.56 bits per heavy atom. The van der Waals surface area contributed by atoms with Gasteiger partial charge < -0.3 is 10.6 Å². The smallest absolute Gasteiger partial charge is 0.242 e. The van der Waals surface area contributed by atoms with Gasteiger partial charge in [-0.3, -0.25) is 4.79 Å². The molecular weight excluding hydrogens is 207 g/mol. The van der Waals surface area contributed by atoms with Gasteiger partial charge in [0.15, 0.2) is 0 Å². The summed E-state index contributed by atoms with van der Waals surface area (Å²) in [7, 11) is 0. The molecule has 1 heterocycles. The van der Waals surface area contributed by atoms with E-state index >= 15 is 0 Å². The first kappa shape index (κ1) is 10.9. The monoisotopic (exact) mass is 222 g/mol. The van der Waals surface area contributed by atoms with Crippen molar-refractivity contribution in [2.24, 2.45) is 0 Å². The lowest BCUT2D eigenvalue weighted by atomic mass is 10.1. The Hall–Kier alpha value is -1.58. The Balaban J connectivity index is 2.10. The van der Waals surface area contributed by atoms with Crippen LogP contribution in [0.15, 0.2) is 18.2 Å². The van der Waals surface area contributed by atoms with Gasteiger partial charge in [0.1, 0.15) is 11.9 Å². The Kier molecular flexibility index (Phi) is 3.08. The van der Waals surface area contributed by atoms with E-state index in [1.165, 1.54) is 6.07 Å². The molecule has 1 unspecified atom stereocenters. The van der Waals surface area contributed by atoms with Crippen LogP contribution in [0.1, 0.15) is 18.9 Å². The van der Waals surface area contributed by atoms with E-state index in [4.69, 9.17) is 0 Å². The number of carbonyl (C=O) groups is 1. The van der Waals surface area contributed by atoms with Crippen LogP contribution >= 0.6 is 0 Å². The zero-order valence-corrected chi connectivity index (χ0v) is 9.22. The highest BCUT2D eigenvalue weighted by molar-refractivity contribution is 5.86. The third kappa shape index (κ3) is 2.15. The summed E-state index contributed by atoms with van der Waals surface area (Å²) in [6.07, 6.45) is 1.42. The number of hydrogen-bond acceptors (Lipinski definition) is 2. The largest absolute Gasteiger partial charge is 0.374 e. The minimum absolute atomic E-state index is 0.0139. The Morgan fingerprint density at radius 3 is 2.94 bits per heavy atom. The fraction of sp³-hybridized carbons (Fsp3) is 0.417. The lowest BCUT2D eigenvalue weighted by Gasteiger charge is -2.12. The minimum Gasteiger partial charge on any atom is -0.374 e. The maximum Gasteiger partial charge on any atom is 0.242 e. The van der Waals surface area contributed by atoms with Crippen LogP contribution in [0.2, 0.25) is 0 Å². The fourth-order valence-corrected chi connectivity index (χ4v) is 1.86. The van der Waals surface area contributed by atoms with E-state index in [1.807, 2.05) is 13.0 Å². The number of carbonyl (C=O) groups excluding carboxylic acids is 1. The van der Waals surface area contributed by atoms with Crippen molar-refractivity contribution in [2.45, 2.75) is 25.8 Å². The zero-order chi connectivity index (χ0) is 11.5. The van der Waals surface area contributed by atoms with Crippen LogP contribution in [0, 0.1) is 5.82 Å². The van der Waals surface area contributed by atoms with E-state index in [-0.39, 0.29) is 17.8 Å². The molecule has 2 N–H and O–H groups in total. The van der Waals surface area contributed by atoms with Crippen molar-refractivity contribution in [3.8, 4) is 0 Å². The van der Waals surface area contributed by atoms with Crippen molar-refractivity contribution in [1.29, 1.82) is 0 Å². The highest BCUT2D eigenvalue weighted by Crippen LogP contribution is 2.17. The van der Waals surface area contributed by atoms with Gasteiger partial charge in [-0.2, -0.15) is 0 Å². The average Bonchev–Trinajstić information content (AvgIpc) is 2.65. The molecule has 0 spiro atoms. The molecule has 1 aromatic carbocycles. The van der Waals surface area contributed by atoms with Gasteiger partial charge in [-0.15, -0.1) is 0 Å². The summed E-state index contributed by atoms with van der Waals surface area (Å²) in [4.78, 5) is 11.3. The lowest BCUT2D eigenvalue weighted by molar-refractivity contribution is -0.119. The summed E-state index contributed by atoms with van der Waals surface area (Å²) in [5.74, 6) is -0.231. The van der Waals surface area contributed by atoms with Crippen molar-refractivity contribution in [3.05, 3.63) is 29.6 Å². The summed E-state index contributed by atoms with van der Waals surface area (Å²) in [5, 5.41) is 5.76. The number of anilines is 1. The van der Waals surface area contributed by atoms with Gasteiger partial charge in [0.25, 0.3) is 0 Å². The minimum atomic E-state index is -0.230. The SMILES string of the molecule is CCc1ccc(NC2CCNC2=O)cc1F. The summed E-state index contributed by atoms with van der Waals surface area (Å²) >= 11 is 0. The summed E-state index contributed by atoms with van der Waals surface area (Å²) in [6.45, 7) is 2.60. The molecule has 4 heteroatoms. The van der Waals surface area contributed by atoms with Crippen LogP contribution in [0.4, 0.5) is 10.1 Å². The average molecular weight is 222 g/mol. The molecule has 0 saturated carbocycles. The van der Waals surface area contributed by atoms with Gasteiger partial charge in [-0.1, -0.05) is 13.0 Å². The Bertz CT molecular complexity index is 406. The topological polar surface area (TPSA) is 41.1 Å². The number of halogens is 1. The van der Waals surface area contributed by atoms with Crippen molar-refractivity contribution in [3.63, 3.8) is 0 Å². The number of hydrogen-bond donors (Lipinski definition) is 2. The van der Waals surface area contributed by atoms with Gasteiger partial charge >= 0.3 is 0 Å². The summed E-state index contributed by atoms with van der Waals surface area (Å²) in [6, 6.07) is 4.79. The van der Waals surface area contributed by atoms with Crippen LogP contribution < -0.4 is 10.6 Å². The Labute approximate surface area is 94.0 Å². The maximum atomic E-state index is 13.5. The van der Waals surface area contributed by atoms with Crippen LogP contribution in [0.25, 0.3) is 0 Å². The van der Waals surface area contributed by atoms with Gasteiger partial charge in [0.2, 0.25) is 5.91 Å². The molecule has 16 heavy (non-hydrogen) atoms. The van der Waals surface area contributed by atoms with E-state index in [0.717, 1.165) is 6.42 Å². The van der Waals surface area contributed by atoms with Crippen molar-refractivity contribution in [1.82, 2.24) is 5.32 Å². The van der Waals surface area contributed by atoms with Crippen molar-refractivity contribution >= 4 is 11.6 Å². The van der Waals surface area contributed by atoms with Gasteiger partial charge in [0, 0.05) is 12.2 Å². The maximum absolute atomic E-state index is 13.5. The van der Waals surface area contributed by atoms with Crippen LogP contribution in [-0.2, 0) is 11.2 Å². The standard InChI is InChI=1S/C12H15FN2O/c1-2-8-3-4-9(7-10(8)13)15-11-5-6-14-12(11)16/h3-4,7,11,15H,2,5-6H2,1H3,(H,14,16). The normalized spacial score (nSPS) is 19.6. The Morgan fingerprint density at radius 2 is 2.38 bits per heavy atom. The van der Waals surface area contributed by atoms with E-state index in [2.05, 4.69) is 10.6 Å². The van der Waals surface area contributed by atoms with Crippen molar-refractivity contribution < 1.29 is 9.18 Å². The fourth-order valence-electron chi connectivity index (χ4n) is 1.86. The second kappa shape index (κ2) is 4.51. The van der Waals surface area contributed by atoms with Crippen LogP contribution in [0.5, 0.6) is 0 Å². The number of rotatable bonds is 3. The molecule has 86 valence electrons. The molecule has 1 aromatic rings. The molecule has 3 nitrogen and oxygen atoms in total. The summed E-state index contributed by atoms with van der Waals surface area (Å²) < 4.78 is 13.5. The highest BCUT2D eigenvalue weighted by Gasteiger charge is 2.23. The van der Waals surface area contributed by atoms with Gasteiger partial charge in [0.05, 0.1) is 0 Å². The number of nitrogens with one attached hydrogen (secondary N) is 2. The summed E-state index contributed by atoms with van der Waals surface area (Å²) in [5.41, 5.74) is 1.36.